The van der Waals surface area contributed by atoms with Gasteiger partial charge in [0.15, 0.2) is 0 Å². The second kappa shape index (κ2) is 8.25. The van der Waals surface area contributed by atoms with Gasteiger partial charge in [0.25, 0.3) is 10.0 Å². The molecule has 5 nitrogen and oxygen atoms in total. The molecular formula is C19H15BrF6N2O3S. The van der Waals surface area contributed by atoms with Gasteiger partial charge in [0, 0.05) is 23.1 Å². The molecule has 0 aromatic heterocycles. The minimum absolute atomic E-state index is 0.0533. The van der Waals surface area contributed by atoms with Crippen molar-refractivity contribution < 1.29 is 39.6 Å². The Kier molecular flexibility index (Phi) is 6.28. The van der Waals surface area contributed by atoms with Crippen LogP contribution in [0.25, 0.3) is 0 Å². The van der Waals surface area contributed by atoms with Gasteiger partial charge < -0.3 is 4.90 Å². The summed E-state index contributed by atoms with van der Waals surface area (Å²) in [7, 11) is -4.62. The average molecular weight is 545 g/mol. The summed E-state index contributed by atoms with van der Waals surface area (Å²) in [5, 5.41) is 0. The summed E-state index contributed by atoms with van der Waals surface area (Å²) in [6.45, 7) is 1.96. The molecule has 32 heavy (non-hydrogen) atoms. The fourth-order valence-electron chi connectivity index (χ4n) is 3.27. The highest BCUT2D eigenvalue weighted by Gasteiger charge is 2.37. The van der Waals surface area contributed by atoms with Crippen LogP contribution < -0.4 is 9.62 Å². The van der Waals surface area contributed by atoms with Gasteiger partial charge in [0.1, 0.15) is 4.90 Å². The van der Waals surface area contributed by atoms with Crippen LogP contribution in [0, 0.1) is 0 Å². The number of amides is 1. The highest BCUT2D eigenvalue weighted by molar-refractivity contribution is 9.10. The van der Waals surface area contributed by atoms with Crippen LogP contribution >= 0.6 is 15.9 Å². The van der Waals surface area contributed by atoms with E-state index in [0.29, 0.717) is 24.2 Å². The lowest BCUT2D eigenvalue weighted by molar-refractivity contribution is -0.143. The Bertz CT molecular complexity index is 1150. The molecule has 3 rings (SSSR count). The molecule has 0 spiro atoms. The maximum absolute atomic E-state index is 13.1. The van der Waals surface area contributed by atoms with Gasteiger partial charge in [-0.3, -0.25) is 9.52 Å². The Morgan fingerprint density at radius 2 is 1.59 bits per heavy atom. The fourth-order valence-corrected chi connectivity index (χ4v) is 5.42. The first-order valence-electron chi connectivity index (χ1n) is 9.08. The van der Waals surface area contributed by atoms with Gasteiger partial charge in [0.05, 0.1) is 16.8 Å². The first-order valence-corrected chi connectivity index (χ1v) is 11.4. The van der Waals surface area contributed by atoms with E-state index in [1.807, 2.05) is 0 Å². The van der Waals surface area contributed by atoms with E-state index in [1.54, 1.807) is 11.6 Å². The summed E-state index contributed by atoms with van der Waals surface area (Å²) in [4.78, 5) is 13.1. The number of fused-ring (bicyclic) bond motifs is 1. The lowest BCUT2D eigenvalue weighted by Crippen LogP contribution is -2.28. The summed E-state index contributed by atoms with van der Waals surface area (Å²) >= 11 is 3.08. The number of nitrogens with one attached hydrogen (secondary N) is 1. The molecule has 1 N–H and O–H groups in total. The predicted molar refractivity (Wildman–Crippen MR) is 108 cm³/mol. The standard InChI is InChI=1S/C19H15BrF6N2O3S/c1-2-17(29)28-4-3-10-5-14(20)16(9-15(10)28)32(30,31)27-13-7-11(18(21,22)23)6-12(8-13)19(24,25)26/h5-9,27H,2-4H2,1H3. The van der Waals surface area contributed by atoms with E-state index in [2.05, 4.69) is 15.9 Å². The van der Waals surface area contributed by atoms with E-state index < -0.39 is 44.1 Å². The summed E-state index contributed by atoms with van der Waals surface area (Å²) in [5.41, 5.74) is -3.21. The summed E-state index contributed by atoms with van der Waals surface area (Å²) in [6, 6.07) is 3.08. The van der Waals surface area contributed by atoms with E-state index in [9.17, 15) is 39.6 Å². The second-order valence-electron chi connectivity index (χ2n) is 6.96. The predicted octanol–water partition coefficient (Wildman–Crippen LogP) is 5.59. The van der Waals surface area contributed by atoms with E-state index in [1.165, 1.54) is 17.0 Å². The molecule has 1 heterocycles. The number of sulfonamides is 1. The molecule has 0 radical (unpaired) electrons. The van der Waals surface area contributed by atoms with E-state index >= 15 is 0 Å². The van der Waals surface area contributed by atoms with Crippen LogP contribution in [0.5, 0.6) is 0 Å². The first-order chi connectivity index (χ1) is 14.6. The van der Waals surface area contributed by atoms with Crippen molar-refractivity contribution in [3.63, 3.8) is 0 Å². The number of halogens is 7. The molecule has 1 amide bonds. The number of benzene rings is 2. The minimum Gasteiger partial charge on any atom is -0.312 e. The Morgan fingerprint density at radius 1 is 1.03 bits per heavy atom. The van der Waals surface area contributed by atoms with Gasteiger partial charge in [-0.1, -0.05) is 6.92 Å². The molecule has 0 atom stereocenters. The molecule has 2 aromatic carbocycles. The monoisotopic (exact) mass is 544 g/mol. The number of rotatable bonds is 4. The molecule has 2 aromatic rings. The number of nitrogens with zero attached hydrogens (tertiary/aromatic N) is 1. The zero-order chi connectivity index (χ0) is 24.1. The third-order valence-corrected chi connectivity index (χ3v) is 7.10. The smallest absolute Gasteiger partial charge is 0.312 e. The van der Waals surface area contributed by atoms with Crippen molar-refractivity contribution in [1.29, 1.82) is 0 Å². The van der Waals surface area contributed by atoms with Crippen LogP contribution in [0.1, 0.15) is 30.0 Å². The maximum Gasteiger partial charge on any atom is 0.416 e. The van der Waals surface area contributed by atoms with Crippen LogP contribution in [0.2, 0.25) is 0 Å². The van der Waals surface area contributed by atoms with Crippen molar-refractivity contribution in [2.75, 3.05) is 16.2 Å². The van der Waals surface area contributed by atoms with Gasteiger partial charge in [-0.2, -0.15) is 26.3 Å². The molecule has 0 aliphatic carbocycles. The SMILES string of the molecule is CCC(=O)N1CCc2cc(Br)c(S(=O)(=O)Nc3cc(C(F)(F)F)cc(C(F)(F)F)c3)cc21. The van der Waals surface area contributed by atoms with Crippen LogP contribution in [-0.4, -0.2) is 20.9 Å². The normalized spacial score (nSPS) is 14.4. The van der Waals surface area contributed by atoms with Crippen LogP contribution in [0.3, 0.4) is 0 Å². The Labute approximate surface area is 187 Å². The van der Waals surface area contributed by atoms with E-state index in [-0.39, 0.29) is 35.0 Å². The number of hydrogen-bond donors (Lipinski definition) is 1. The lowest BCUT2D eigenvalue weighted by Gasteiger charge is -2.19. The molecule has 0 unspecified atom stereocenters. The number of hydrogen-bond acceptors (Lipinski definition) is 3. The Morgan fingerprint density at radius 3 is 2.09 bits per heavy atom. The zero-order valence-electron chi connectivity index (χ0n) is 16.2. The number of anilines is 2. The molecule has 0 fully saturated rings. The molecular weight excluding hydrogens is 530 g/mol. The Hall–Kier alpha value is -2.28. The Balaban J connectivity index is 2.06. The van der Waals surface area contributed by atoms with Gasteiger partial charge in [-0.25, -0.2) is 8.42 Å². The third-order valence-electron chi connectivity index (χ3n) is 4.76. The van der Waals surface area contributed by atoms with Gasteiger partial charge in [0.2, 0.25) is 5.91 Å². The van der Waals surface area contributed by atoms with Crippen molar-refractivity contribution in [1.82, 2.24) is 0 Å². The van der Waals surface area contributed by atoms with Crippen molar-refractivity contribution in [3.8, 4) is 0 Å². The zero-order valence-corrected chi connectivity index (χ0v) is 18.6. The number of alkyl halides is 6. The molecule has 174 valence electrons. The highest BCUT2D eigenvalue weighted by Crippen LogP contribution is 2.39. The number of carbonyl (C=O) groups is 1. The van der Waals surface area contributed by atoms with Crippen molar-refractivity contribution in [2.24, 2.45) is 0 Å². The summed E-state index contributed by atoms with van der Waals surface area (Å²) < 4.78 is 106. The minimum atomic E-state index is -5.13. The van der Waals surface area contributed by atoms with Crippen molar-refractivity contribution >= 4 is 43.2 Å². The summed E-state index contributed by atoms with van der Waals surface area (Å²) in [6.07, 6.45) is -9.62. The second-order valence-corrected chi connectivity index (χ2v) is 9.47. The van der Waals surface area contributed by atoms with Crippen molar-refractivity contribution in [3.05, 3.63) is 51.5 Å². The van der Waals surface area contributed by atoms with E-state index in [0.717, 1.165) is 0 Å². The van der Waals surface area contributed by atoms with Crippen LogP contribution in [0.15, 0.2) is 39.7 Å². The van der Waals surface area contributed by atoms with Gasteiger partial charge >= 0.3 is 12.4 Å². The molecule has 13 heteroatoms. The topological polar surface area (TPSA) is 66.5 Å². The molecule has 0 saturated carbocycles. The molecule has 0 saturated heterocycles. The quantitative estimate of drug-likeness (QED) is 0.510. The largest absolute Gasteiger partial charge is 0.416 e. The third kappa shape index (κ3) is 4.87. The average Bonchev–Trinajstić information content (AvgIpc) is 3.07. The van der Waals surface area contributed by atoms with Crippen LogP contribution in [-0.2, 0) is 33.6 Å². The highest BCUT2D eigenvalue weighted by atomic mass is 79.9. The van der Waals surface area contributed by atoms with Crippen molar-refractivity contribution in [2.45, 2.75) is 37.0 Å². The molecule has 1 aliphatic heterocycles. The van der Waals surface area contributed by atoms with Gasteiger partial charge in [-0.05, 0) is 58.2 Å². The molecule has 0 bridgehead atoms. The lowest BCUT2D eigenvalue weighted by atomic mass is 10.1. The van der Waals surface area contributed by atoms with Crippen LogP contribution in [0.4, 0.5) is 37.7 Å². The maximum atomic E-state index is 13.1. The first kappa shape index (κ1) is 24.4. The fraction of sp³-hybridized carbons (Fsp3) is 0.316. The van der Waals surface area contributed by atoms with E-state index in [4.69, 9.17) is 0 Å². The van der Waals surface area contributed by atoms with Gasteiger partial charge in [-0.15, -0.1) is 0 Å². The number of carbonyl (C=O) groups excluding carboxylic acids is 1. The summed E-state index contributed by atoms with van der Waals surface area (Å²) in [5.74, 6) is -0.255. The molecule has 1 aliphatic rings.